The van der Waals surface area contributed by atoms with Gasteiger partial charge in [0.2, 0.25) is 0 Å². The van der Waals surface area contributed by atoms with Crippen LogP contribution in [0.2, 0.25) is 0 Å². The highest BCUT2D eigenvalue weighted by molar-refractivity contribution is 6.11. The number of rotatable bonds is 5. The minimum atomic E-state index is -0.626. The van der Waals surface area contributed by atoms with Gasteiger partial charge < -0.3 is 14.8 Å². The van der Waals surface area contributed by atoms with Crippen molar-refractivity contribution in [1.29, 1.82) is 0 Å². The molecule has 2 N–H and O–H groups in total. The summed E-state index contributed by atoms with van der Waals surface area (Å²) in [6, 6.07) is 36.6. The number of fused-ring (bicyclic) bond motifs is 3. The number of hydrogen-bond acceptors (Lipinski definition) is 4. The maximum Gasteiger partial charge on any atom is 0.417 e. The van der Waals surface area contributed by atoms with E-state index in [0.29, 0.717) is 34.9 Å². The summed E-state index contributed by atoms with van der Waals surface area (Å²) in [4.78, 5) is 25.9. The molecule has 6 rings (SSSR count). The second kappa shape index (κ2) is 10.8. The van der Waals surface area contributed by atoms with Crippen molar-refractivity contribution in [3.8, 4) is 22.6 Å². The molecule has 0 atom stereocenters. The second-order valence-electron chi connectivity index (χ2n) is 9.28. The number of anilines is 1. The van der Waals surface area contributed by atoms with Crippen LogP contribution < -0.4 is 20.1 Å². The zero-order valence-corrected chi connectivity index (χ0v) is 21.8. The van der Waals surface area contributed by atoms with Crippen molar-refractivity contribution in [2.45, 2.75) is 6.92 Å². The van der Waals surface area contributed by atoms with Gasteiger partial charge in [0.1, 0.15) is 11.5 Å². The van der Waals surface area contributed by atoms with E-state index in [0.717, 1.165) is 32.3 Å². The van der Waals surface area contributed by atoms with Gasteiger partial charge in [-0.25, -0.2) is 9.59 Å². The lowest BCUT2D eigenvalue weighted by Gasteiger charge is -2.19. The predicted octanol–water partition coefficient (Wildman–Crippen LogP) is 8.53. The first-order chi connectivity index (χ1) is 19.6. The molecule has 0 saturated heterocycles. The smallest absolute Gasteiger partial charge is 0.410 e. The third-order valence-electron chi connectivity index (χ3n) is 6.78. The van der Waals surface area contributed by atoms with Gasteiger partial charge in [-0.2, -0.15) is 0 Å². The van der Waals surface area contributed by atoms with Gasteiger partial charge in [0.15, 0.2) is 0 Å². The van der Waals surface area contributed by atoms with E-state index in [1.807, 2.05) is 110 Å². The molecule has 6 heteroatoms. The number of nitrogens with one attached hydrogen (secondary N) is 2. The van der Waals surface area contributed by atoms with E-state index >= 15 is 0 Å². The third-order valence-corrected chi connectivity index (χ3v) is 6.78. The van der Waals surface area contributed by atoms with Crippen LogP contribution in [0.15, 0.2) is 115 Å². The molecule has 0 fully saturated rings. The zero-order chi connectivity index (χ0) is 27.5. The van der Waals surface area contributed by atoms with Gasteiger partial charge in [-0.15, -0.1) is 0 Å². The highest BCUT2D eigenvalue weighted by Crippen LogP contribution is 2.45. The maximum absolute atomic E-state index is 13.3. The first-order valence-electron chi connectivity index (χ1n) is 13.1. The van der Waals surface area contributed by atoms with Crippen molar-refractivity contribution < 1.29 is 19.1 Å². The Labute approximate surface area is 231 Å². The Morgan fingerprint density at radius 2 is 1.02 bits per heavy atom. The van der Waals surface area contributed by atoms with Gasteiger partial charge in [-0.1, -0.05) is 97.1 Å². The van der Waals surface area contributed by atoms with Gasteiger partial charge in [-0.05, 0) is 52.1 Å². The lowest BCUT2D eigenvalue weighted by molar-refractivity contribution is 0.201. The summed E-state index contributed by atoms with van der Waals surface area (Å²) in [5.41, 5.74) is 1.97. The second-order valence-corrected chi connectivity index (χ2v) is 9.28. The van der Waals surface area contributed by atoms with E-state index in [2.05, 4.69) is 10.6 Å². The van der Waals surface area contributed by atoms with E-state index in [1.54, 1.807) is 12.1 Å². The first-order valence-corrected chi connectivity index (χ1v) is 13.1. The van der Waals surface area contributed by atoms with E-state index in [4.69, 9.17) is 9.47 Å². The summed E-state index contributed by atoms with van der Waals surface area (Å²) in [6.45, 7) is 2.26. The Morgan fingerprint density at radius 3 is 1.60 bits per heavy atom. The van der Waals surface area contributed by atoms with Crippen molar-refractivity contribution in [2.75, 3.05) is 11.9 Å². The number of benzene rings is 6. The molecule has 196 valence electrons. The summed E-state index contributed by atoms with van der Waals surface area (Å²) in [5.74, 6) is 0.703. The molecule has 0 aliphatic heterocycles. The highest BCUT2D eigenvalue weighted by Gasteiger charge is 2.22. The Bertz CT molecular complexity index is 1890. The normalized spacial score (nSPS) is 10.9. The number of carbonyl (C=O) groups excluding carboxylic acids is 2. The number of hydrogen-bond donors (Lipinski definition) is 2. The molecule has 0 saturated carbocycles. The fraction of sp³-hybridized carbons (Fsp3) is 0.0588. The van der Waals surface area contributed by atoms with E-state index < -0.39 is 12.2 Å². The fourth-order valence-electron chi connectivity index (χ4n) is 5.04. The average Bonchev–Trinajstić information content (AvgIpc) is 2.98. The van der Waals surface area contributed by atoms with Gasteiger partial charge in [0.05, 0.1) is 5.69 Å². The molecule has 0 spiro atoms. The van der Waals surface area contributed by atoms with E-state index in [1.165, 1.54) is 0 Å². The molecule has 6 aromatic rings. The van der Waals surface area contributed by atoms with Crippen LogP contribution in [0, 0.1) is 0 Å². The summed E-state index contributed by atoms with van der Waals surface area (Å²) < 4.78 is 11.8. The fourth-order valence-corrected chi connectivity index (χ4v) is 5.04. The third kappa shape index (κ3) is 4.78. The summed E-state index contributed by atoms with van der Waals surface area (Å²) in [7, 11) is 0. The Kier molecular flexibility index (Phi) is 6.73. The predicted molar refractivity (Wildman–Crippen MR) is 160 cm³/mol. The summed E-state index contributed by atoms with van der Waals surface area (Å²) >= 11 is 0. The lowest BCUT2D eigenvalue weighted by atomic mass is 9.92. The van der Waals surface area contributed by atoms with E-state index in [-0.39, 0.29) is 0 Å². The molecule has 40 heavy (non-hydrogen) atoms. The molecular weight excluding hydrogens is 500 g/mol. The minimum Gasteiger partial charge on any atom is -0.410 e. The monoisotopic (exact) mass is 526 g/mol. The van der Waals surface area contributed by atoms with Crippen molar-refractivity contribution in [1.82, 2.24) is 5.32 Å². The quantitative estimate of drug-likeness (QED) is 0.236. The highest BCUT2D eigenvalue weighted by atomic mass is 16.6. The van der Waals surface area contributed by atoms with Crippen LogP contribution in [0.25, 0.3) is 43.4 Å². The molecular formula is C34H26N2O4. The van der Waals surface area contributed by atoms with Crippen molar-refractivity contribution in [2.24, 2.45) is 0 Å². The largest absolute Gasteiger partial charge is 0.417 e. The SMILES string of the molecule is CCNC(=O)Oc1ccc2ccccc2c1-c1c(OC(=O)Nc2cccc3ccccc23)ccc2ccccc12. The van der Waals surface area contributed by atoms with Crippen molar-refractivity contribution >= 4 is 50.2 Å². The summed E-state index contributed by atoms with van der Waals surface area (Å²) in [6.07, 6.45) is -1.19. The Morgan fingerprint density at radius 1 is 0.550 bits per heavy atom. The Balaban J connectivity index is 1.50. The lowest BCUT2D eigenvalue weighted by Crippen LogP contribution is -2.26. The molecule has 0 aliphatic rings. The average molecular weight is 527 g/mol. The summed E-state index contributed by atoms with van der Waals surface area (Å²) in [5, 5.41) is 11.1. The maximum atomic E-state index is 13.3. The van der Waals surface area contributed by atoms with Gasteiger partial charge >= 0.3 is 12.2 Å². The first kappa shape index (κ1) is 24.9. The van der Waals surface area contributed by atoms with Crippen LogP contribution in [0.1, 0.15) is 6.92 Å². The molecule has 0 bridgehead atoms. The topological polar surface area (TPSA) is 76.7 Å². The molecule has 6 aromatic carbocycles. The van der Waals surface area contributed by atoms with Crippen LogP contribution in [0.5, 0.6) is 11.5 Å². The van der Waals surface area contributed by atoms with Crippen molar-refractivity contribution in [3.05, 3.63) is 115 Å². The van der Waals surface area contributed by atoms with Gasteiger partial charge in [0, 0.05) is 23.1 Å². The molecule has 0 heterocycles. The molecule has 6 nitrogen and oxygen atoms in total. The van der Waals surface area contributed by atoms with Crippen LogP contribution in [-0.2, 0) is 0 Å². The van der Waals surface area contributed by atoms with Crippen LogP contribution in [-0.4, -0.2) is 18.7 Å². The molecule has 0 unspecified atom stereocenters. The molecule has 0 radical (unpaired) electrons. The Hall–Kier alpha value is -5.36. The zero-order valence-electron chi connectivity index (χ0n) is 21.8. The van der Waals surface area contributed by atoms with Crippen LogP contribution in [0.3, 0.4) is 0 Å². The van der Waals surface area contributed by atoms with Crippen LogP contribution in [0.4, 0.5) is 15.3 Å². The molecule has 0 aliphatic carbocycles. The van der Waals surface area contributed by atoms with Gasteiger partial charge in [0.25, 0.3) is 0 Å². The number of amides is 2. The minimum absolute atomic E-state index is 0.341. The molecule has 2 amide bonds. The van der Waals surface area contributed by atoms with Crippen LogP contribution >= 0.6 is 0 Å². The van der Waals surface area contributed by atoms with Gasteiger partial charge in [-0.3, -0.25) is 5.32 Å². The number of ether oxygens (including phenoxy) is 2. The molecule has 0 aromatic heterocycles. The number of carbonyl (C=O) groups is 2. The van der Waals surface area contributed by atoms with Crippen molar-refractivity contribution in [3.63, 3.8) is 0 Å². The van der Waals surface area contributed by atoms with E-state index in [9.17, 15) is 9.59 Å². The standard InChI is InChI=1S/C34H26N2O4/c1-2-35-33(37)39-29-20-18-23-11-4-7-15-26(23)31(29)32-27-16-8-5-12-24(27)19-21-30(32)40-34(38)36-28-17-9-13-22-10-3-6-14-25(22)28/h3-21H,2H2,1H3,(H,35,37)(H,36,38).